The highest BCUT2D eigenvalue weighted by Gasteiger charge is 2.15. The Hall–Kier alpha value is -3.42. The van der Waals surface area contributed by atoms with Crippen molar-refractivity contribution in [1.29, 1.82) is 0 Å². The van der Waals surface area contributed by atoms with Gasteiger partial charge in [-0.3, -0.25) is 9.78 Å². The number of nitrogens with one attached hydrogen (secondary N) is 1. The first-order valence-electron chi connectivity index (χ1n) is 6.78. The lowest BCUT2D eigenvalue weighted by Crippen LogP contribution is -2.25. The van der Waals surface area contributed by atoms with E-state index in [1.807, 2.05) is 0 Å². The normalized spacial score (nSPS) is 10.4. The van der Waals surface area contributed by atoms with Gasteiger partial charge in [0, 0.05) is 23.5 Å². The molecule has 1 heterocycles. The van der Waals surface area contributed by atoms with Crippen molar-refractivity contribution in [1.82, 2.24) is 10.4 Å². The number of amides is 1. The lowest BCUT2D eigenvalue weighted by atomic mass is 10.1. The molecule has 0 saturated heterocycles. The van der Waals surface area contributed by atoms with Crippen LogP contribution in [0.1, 0.15) is 26.3 Å². The SMILES string of the molecule is COc1ccc(/C=N\NC(=O)c2ccncc2)c(C(=O)[O-])c1OC. The molecule has 24 heavy (non-hydrogen) atoms. The Labute approximate surface area is 137 Å². The highest BCUT2D eigenvalue weighted by atomic mass is 16.5. The molecule has 2 aromatic rings. The smallest absolute Gasteiger partial charge is 0.271 e. The van der Waals surface area contributed by atoms with E-state index >= 15 is 0 Å². The van der Waals surface area contributed by atoms with Gasteiger partial charge in [-0.25, -0.2) is 5.43 Å². The van der Waals surface area contributed by atoms with Gasteiger partial charge in [-0.05, 0) is 24.3 Å². The predicted molar refractivity (Wildman–Crippen MR) is 83.2 cm³/mol. The van der Waals surface area contributed by atoms with Crippen LogP contribution in [0.2, 0.25) is 0 Å². The first-order chi connectivity index (χ1) is 11.6. The van der Waals surface area contributed by atoms with Crippen molar-refractivity contribution in [3.8, 4) is 11.5 Å². The Morgan fingerprint density at radius 2 is 1.88 bits per heavy atom. The highest BCUT2D eigenvalue weighted by Crippen LogP contribution is 2.32. The fourth-order valence-corrected chi connectivity index (χ4v) is 1.99. The lowest BCUT2D eigenvalue weighted by molar-refractivity contribution is -0.255. The summed E-state index contributed by atoms with van der Waals surface area (Å²) in [6.45, 7) is 0. The minimum Gasteiger partial charge on any atom is -0.545 e. The number of carbonyl (C=O) groups is 2. The van der Waals surface area contributed by atoms with Gasteiger partial charge >= 0.3 is 0 Å². The van der Waals surface area contributed by atoms with Gasteiger partial charge in [0.05, 0.1) is 32.0 Å². The zero-order valence-corrected chi connectivity index (χ0v) is 13.0. The second-order valence-electron chi connectivity index (χ2n) is 4.49. The molecule has 8 heteroatoms. The number of hydrogen-bond donors (Lipinski definition) is 1. The van der Waals surface area contributed by atoms with Crippen LogP contribution < -0.4 is 20.0 Å². The standard InChI is InChI=1S/C16H15N3O5/c1-23-12-4-3-11(13(16(21)22)14(12)24-2)9-18-19-15(20)10-5-7-17-8-6-10/h3-9H,1-2H3,(H,19,20)(H,21,22)/p-1/b18-9-. The monoisotopic (exact) mass is 328 g/mol. The molecule has 0 saturated carbocycles. The van der Waals surface area contributed by atoms with Gasteiger partial charge in [0.2, 0.25) is 0 Å². The maximum atomic E-state index is 11.9. The van der Waals surface area contributed by atoms with E-state index in [-0.39, 0.29) is 22.6 Å². The maximum Gasteiger partial charge on any atom is 0.271 e. The van der Waals surface area contributed by atoms with E-state index in [0.29, 0.717) is 5.56 Å². The van der Waals surface area contributed by atoms with E-state index in [2.05, 4.69) is 15.5 Å². The predicted octanol–water partition coefficient (Wildman–Crippen LogP) is 0.226. The van der Waals surface area contributed by atoms with Gasteiger partial charge in [0.1, 0.15) is 0 Å². The quantitative estimate of drug-likeness (QED) is 0.600. The summed E-state index contributed by atoms with van der Waals surface area (Å²) in [4.78, 5) is 27.0. The van der Waals surface area contributed by atoms with Crippen LogP contribution in [-0.2, 0) is 0 Å². The van der Waals surface area contributed by atoms with Crippen LogP contribution >= 0.6 is 0 Å². The molecule has 0 unspecified atom stereocenters. The molecule has 0 radical (unpaired) electrons. The molecular weight excluding hydrogens is 314 g/mol. The van der Waals surface area contributed by atoms with Crippen LogP contribution in [0.15, 0.2) is 41.8 Å². The van der Waals surface area contributed by atoms with Crippen molar-refractivity contribution < 1.29 is 24.2 Å². The van der Waals surface area contributed by atoms with Crippen LogP contribution in [-0.4, -0.2) is 37.3 Å². The minimum atomic E-state index is -1.45. The van der Waals surface area contributed by atoms with Gasteiger partial charge in [0.15, 0.2) is 11.5 Å². The molecule has 0 bridgehead atoms. The molecule has 1 amide bonds. The van der Waals surface area contributed by atoms with E-state index in [9.17, 15) is 14.7 Å². The van der Waals surface area contributed by atoms with Crippen LogP contribution in [0.3, 0.4) is 0 Å². The van der Waals surface area contributed by atoms with Crippen molar-refractivity contribution in [3.63, 3.8) is 0 Å². The molecule has 8 nitrogen and oxygen atoms in total. The van der Waals surface area contributed by atoms with Gasteiger partial charge < -0.3 is 19.4 Å². The molecule has 2 rings (SSSR count). The van der Waals surface area contributed by atoms with E-state index in [1.54, 1.807) is 0 Å². The number of pyridine rings is 1. The number of aromatic nitrogens is 1. The number of carboxylic acids is 1. The first kappa shape index (κ1) is 16.9. The van der Waals surface area contributed by atoms with E-state index in [4.69, 9.17) is 9.47 Å². The van der Waals surface area contributed by atoms with Gasteiger partial charge in [0.25, 0.3) is 5.91 Å². The zero-order valence-electron chi connectivity index (χ0n) is 13.0. The molecule has 0 aliphatic carbocycles. The number of carboxylic acid groups (broad SMARTS) is 1. The maximum absolute atomic E-state index is 11.9. The Kier molecular flexibility index (Phi) is 5.45. The Bertz CT molecular complexity index is 775. The summed E-state index contributed by atoms with van der Waals surface area (Å²) >= 11 is 0. The van der Waals surface area contributed by atoms with Gasteiger partial charge in [-0.1, -0.05) is 0 Å². The molecule has 0 aliphatic heterocycles. The summed E-state index contributed by atoms with van der Waals surface area (Å²) in [5.74, 6) is -1.65. The number of hydrogen-bond acceptors (Lipinski definition) is 7. The van der Waals surface area contributed by atoms with E-state index in [0.717, 1.165) is 0 Å². The number of carbonyl (C=O) groups excluding carboxylic acids is 2. The molecule has 0 spiro atoms. The third kappa shape index (κ3) is 3.67. The van der Waals surface area contributed by atoms with Crippen LogP contribution in [0.5, 0.6) is 11.5 Å². The molecule has 0 aliphatic rings. The van der Waals surface area contributed by atoms with Gasteiger partial charge in [-0.2, -0.15) is 5.10 Å². The topological polar surface area (TPSA) is 113 Å². The molecule has 0 atom stereocenters. The molecular formula is C16H14N3O5-. The first-order valence-corrected chi connectivity index (χ1v) is 6.78. The Balaban J connectivity index is 2.26. The summed E-state index contributed by atoms with van der Waals surface area (Å²) < 4.78 is 10.1. The average Bonchev–Trinajstić information content (AvgIpc) is 2.61. The van der Waals surface area contributed by atoms with Crippen molar-refractivity contribution in [2.24, 2.45) is 5.10 Å². The third-order valence-electron chi connectivity index (χ3n) is 3.09. The molecule has 1 N–H and O–H groups in total. The second kappa shape index (κ2) is 7.73. The largest absolute Gasteiger partial charge is 0.545 e. The summed E-state index contributed by atoms with van der Waals surface area (Å²) in [5.41, 5.74) is 2.64. The third-order valence-corrected chi connectivity index (χ3v) is 3.09. The van der Waals surface area contributed by atoms with Crippen molar-refractivity contribution in [2.45, 2.75) is 0 Å². The van der Waals surface area contributed by atoms with Crippen LogP contribution in [0.4, 0.5) is 0 Å². The number of hydrazone groups is 1. The number of methoxy groups -OCH3 is 2. The summed E-state index contributed by atoms with van der Waals surface area (Å²) in [6, 6.07) is 6.04. The van der Waals surface area contributed by atoms with E-state index < -0.39 is 11.9 Å². The molecule has 1 aromatic carbocycles. The summed E-state index contributed by atoms with van der Waals surface area (Å²) in [6.07, 6.45) is 4.13. The van der Waals surface area contributed by atoms with E-state index in [1.165, 1.54) is 57.1 Å². The molecule has 1 aromatic heterocycles. The summed E-state index contributed by atoms with van der Waals surface area (Å²) in [7, 11) is 2.70. The Morgan fingerprint density at radius 1 is 1.17 bits per heavy atom. The van der Waals surface area contributed by atoms with Crippen molar-refractivity contribution >= 4 is 18.1 Å². The minimum absolute atomic E-state index is 0.0157. The highest BCUT2D eigenvalue weighted by molar-refractivity contribution is 6.01. The number of ether oxygens (including phenoxy) is 2. The fraction of sp³-hybridized carbons (Fsp3) is 0.125. The zero-order chi connectivity index (χ0) is 17.5. The van der Waals surface area contributed by atoms with Crippen LogP contribution in [0, 0.1) is 0 Å². The van der Waals surface area contributed by atoms with Crippen LogP contribution in [0.25, 0.3) is 0 Å². The Morgan fingerprint density at radius 3 is 2.46 bits per heavy atom. The second-order valence-corrected chi connectivity index (χ2v) is 4.49. The van der Waals surface area contributed by atoms with Gasteiger partial charge in [-0.15, -0.1) is 0 Å². The number of benzene rings is 1. The number of nitrogens with zero attached hydrogens (tertiary/aromatic N) is 2. The molecule has 0 fully saturated rings. The summed E-state index contributed by atoms with van der Waals surface area (Å²) in [5, 5.41) is 15.1. The van der Waals surface area contributed by atoms with Crippen molar-refractivity contribution in [2.75, 3.05) is 14.2 Å². The molecule has 124 valence electrons. The lowest BCUT2D eigenvalue weighted by Gasteiger charge is -2.15. The fourth-order valence-electron chi connectivity index (χ4n) is 1.99. The number of rotatable bonds is 6. The number of aromatic carboxylic acids is 1. The average molecular weight is 328 g/mol. The van der Waals surface area contributed by atoms with Crippen molar-refractivity contribution in [3.05, 3.63) is 53.3 Å².